The quantitative estimate of drug-likeness (QED) is 0.750. The van der Waals surface area contributed by atoms with E-state index in [1.165, 1.54) is 0 Å². The van der Waals surface area contributed by atoms with Crippen LogP contribution >= 0.6 is 0 Å². The molecule has 1 saturated carbocycles. The van der Waals surface area contributed by atoms with Gasteiger partial charge in [-0.15, -0.1) is 0 Å². The average Bonchev–Trinajstić information content (AvgIpc) is 2.86. The maximum atomic E-state index is 12.7. The van der Waals surface area contributed by atoms with E-state index >= 15 is 0 Å². The van der Waals surface area contributed by atoms with Crippen molar-refractivity contribution < 1.29 is 14.3 Å². The monoisotopic (exact) mass is 282 g/mol. The van der Waals surface area contributed by atoms with Crippen LogP contribution in [0.5, 0.6) is 0 Å². The average molecular weight is 282 g/mol. The molecule has 0 aromatic carbocycles. The second kappa shape index (κ2) is 7.07. The SMILES string of the molecule is COCCCCCN1CCC(=O)NC2(CCCC2)C1=O. The highest BCUT2D eigenvalue weighted by Crippen LogP contribution is 2.33. The Hall–Kier alpha value is -1.10. The molecule has 1 N–H and O–H groups in total. The van der Waals surface area contributed by atoms with Crippen LogP contribution < -0.4 is 5.32 Å². The van der Waals surface area contributed by atoms with Crippen LogP contribution in [0.25, 0.3) is 0 Å². The number of ether oxygens (including phenoxy) is 1. The first-order chi connectivity index (χ1) is 9.68. The minimum absolute atomic E-state index is 0.0298. The summed E-state index contributed by atoms with van der Waals surface area (Å²) >= 11 is 0. The molecule has 2 aliphatic rings. The number of rotatable bonds is 6. The van der Waals surface area contributed by atoms with Crippen molar-refractivity contribution in [1.82, 2.24) is 10.2 Å². The number of unbranched alkanes of at least 4 members (excludes halogenated alkanes) is 2. The summed E-state index contributed by atoms with van der Waals surface area (Å²) < 4.78 is 5.03. The van der Waals surface area contributed by atoms with Crippen molar-refractivity contribution in [2.75, 3.05) is 26.8 Å². The molecule has 5 nitrogen and oxygen atoms in total. The van der Waals surface area contributed by atoms with Gasteiger partial charge in [0.2, 0.25) is 11.8 Å². The molecule has 2 rings (SSSR count). The highest BCUT2D eigenvalue weighted by Gasteiger charge is 2.46. The lowest BCUT2D eigenvalue weighted by Gasteiger charge is -2.31. The molecule has 2 fully saturated rings. The lowest BCUT2D eigenvalue weighted by molar-refractivity contribution is -0.138. The van der Waals surface area contributed by atoms with E-state index in [0.717, 1.165) is 58.1 Å². The van der Waals surface area contributed by atoms with Crippen LogP contribution in [0, 0.1) is 0 Å². The summed E-state index contributed by atoms with van der Waals surface area (Å²) in [7, 11) is 1.71. The Morgan fingerprint density at radius 2 is 1.95 bits per heavy atom. The lowest BCUT2D eigenvalue weighted by Crippen LogP contribution is -2.55. The van der Waals surface area contributed by atoms with Gasteiger partial charge in [0.1, 0.15) is 5.54 Å². The van der Waals surface area contributed by atoms with Crippen LogP contribution in [-0.2, 0) is 14.3 Å². The molecule has 2 amide bonds. The van der Waals surface area contributed by atoms with Gasteiger partial charge < -0.3 is 15.0 Å². The minimum Gasteiger partial charge on any atom is -0.385 e. The zero-order valence-corrected chi connectivity index (χ0v) is 12.5. The first-order valence-corrected chi connectivity index (χ1v) is 7.77. The third-order valence-corrected chi connectivity index (χ3v) is 4.42. The molecule has 0 unspecified atom stereocenters. The maximum Gasteiger partial charge on any atom is 0.248 e. The third kappa shape index (κ3) is 3.51. The van der Waals surface area contributed by atoms with Crippen LogP contribution in [0.1, 0.15) is 51.4 Å². The number of nitrogens with one attached hydrogen (secondary N) is 1. The molecule has 5 heteroatoms. The Balaban J connectivity index is 1.90. The predicted octanol–water partition coefficient (Wildman–Crippen LogP) is 1.46. The number of amides is 2. The van der Waals surface area contributed by atoms with E-state index in [-0.39, 0.29) is 11.8 Å². The number of carbonyl (C=O) groups is 2. The summed E-state index contributed by atoms with van der Waals surface area (Å²) in [5.74, 6) is 0.176. The largest absolute Gasteiger partial charge is 0.385 e. The normalized spacial score (nSPS) is 22.1. The molecule has 0 atom stereocenters. The van der Waals surface area contributed by atoms with Crippen molar-refractivity contribution in [3.63, 3.8) is 0 Å². The standard InChI is InChI=1S/C15H26N2O3/c1-20-12-6-2-5-10-17-11-7-13(18)16-15(14(17)19)8-3-4-9-15/h2-12H2,1H3,(H,16,18). The Morgan fingerprint density at radius 3 is 2.65 bits per heavy atom. The zero-order chi connectivity index (χ0) is 14.4. The van der Waals surface area contributed by atoms with Crippen molar-refractivity contribution >= 4 is 11.8 Å². The molecule has 0 radical (unpaired) electrons. The van der Waals surface area contributed by atoms with Gasteiger partial charge in [0.25, 0.3) is 0 Å². The molecule has 1 aliphatic heterocycles. The number of nitrogens with zero attached hydrogens (tertiary/aromatic N) is 1. The summed E-state index contributed by atoms with van der Waals surface area (Å²) in [5, 5.41) is 2.99. The third-order valence-electron chi connectivity index (χ3n) is 4.42. The molecular weight excluding hydrogens is 256 g/mol. The van der Waals surface area contributed by atoms with Crippen molar-refractivity contribution in [1.29, 1.82) is 0 Å². The molecule has 1 spiro atoms. The number of hydrogen-bond donors (Lipinski definition) is 1. The van der Waals surface area contributed by atoms with Crippen LogP contribution in [-0.4, -0.2) is 49.1 Å². The number of methoxy groups -OCH3 is 1. The Kier molecular flexibility index (Phi) is 5.40. The summed E-state index contributed by atoms with van der Waals surface area (Å²) in [4.78, 5) is 26.5. The fourth-order valence-electron chi connectivity index (χ4n) is 3.28. The summed E-state index contributed by atoms with van der Waals surface area (Å²) in [6.07, 6.45) is 7.19. The van der Waals surface area contributed by atoms with Gasteiger partial charge in [-0.2, -0.15) is 0 Å². The van der Waals surface area contributed by atoms with Crippen LogP contribution in [0.3, 0.4) is 0 Å². The van der Waals surface area contributed by atoms with Crippen molar-refractivity contribution in [3.8, 4) is 0 Å². The van der Waals surface area contributed by atoms with Gasteiger partial charge in [0.15, 0.2) is 0 Å². The van der Waals surface area contributed by atoms with Gasteiger partial charge in [-0.1, -0.05) is 12.8 Å². The number of carbonyl (C=O) groups excluding carboxylic acids is 2. The minimum atomic E-state index is -0.583. The first kappa shape index (κ1) is 15.3. The van der Waals surface area contributed by atoms with Gasteiger partial charge >= 0.3 is 0 Å². The molecule has 1 heterocycles. The Morgan fingerprint density at radius 1 is 1.20 bits per heavy atom. The first-order valence-electron chi connectivity index (χ1n) is 7.77. The molecule has 1 saturated heterocycles. The maximum absolute atomic E-state index is 12.7. The summed E-state index contributed by atoms with van der Waals surface area (Å²) in [6.45, 7) is 2.11. The second-order valence-electron chi connectivity index (χ2n) is 5.93. The molecule has 114 valence electrons. The van der Waals surface area contributed by atoms with Gasteiger partial charge in [-0.25, -0.2) is 0 Å². The molecular formula is C15H26N2O3. The highest BCUT2D eigenvalue weighted by atomic mass is 16.5. The highest BCUT2D eigenvalue weighted by molar-refractivity contribution is 5.93. The molecule has 0 bridgehead atoms. The van der Waals surface area contributed by atoms with Crippen LogP contribution in [0.15, 0.2) is 0 Å². The fourth-order valence-corrected chi connectivity index (χ4v) is 3.28. The van der Waals surface area contributed by atoms with E-state index in [1.54, 1.807) is 7.11 Å². The Labute approximate surface area is 121 Å². The van der Waals surface area contributed by atoms with Crippen molar-refractivity contribution in [2.24, 2.45) is 0 Å². The van der Waals surface area contributed by atoms with Crippen LogP contribution in [0.4, 0.5) is 0 Å². The van der Waals surface area contributed by atoms with E-state index in [9.17, 15) is 9.59 Å². The summed E-state index contributed by atoms with van der Waals surface area (Å²) in [6, 6.07) is 0. The van der Waals surface area contributed by atoms with Crippen molar-refractivity contribution in [2.45, 2.75) is 56.9 Å². The smallest absolute Gasteiger partial charge is 0.248 e. The molecule has 1 aliphatic carbocycles. The van der Waals surface area contributed by atoms with Crippen LogP contribution in [0.2, 0.25) is 0 Å². The molecule has 0 aromatic rings. The van der Waals surface area contributed by atoms with E-state index in [0.29, 0.717) is 13.0 Å². The van der Waals surface area contributed by atoms with Gasteiger partial charge in [0.05, 0.1) is 0 Å². The van der Waals surface area contributed by atoms with Gasteiger partial charge in [-0.05, 0) is 32.1 Å². The van der Waals surface area contributed by atoms with E-state index < -0.39 is 5.54 Å². The van der Waals surface area contributed by atoms with E-state index in [4.69, 9.17) is 4.74 Å². The van der Waals surface area contributed by atoms with Gasteiger partial charge in [0, 0.05) is 33.2 Å². The zero-order valence-electron chi connectivity index (χ0n) is 12.5. The fraction of sp³-hybridized carbons (Fsp3) is 0.867. The lowest BCUT2D eigenvalue weighted by atomic mass is 9.95. The van der Waals surface area contributed by atoms with E-state index in [1.807, 2.05) is 4.90 Å². The topological polar surface area (TPSA) is 58.6 Å². The molecule has 0 aromatic heterocycles. The second-order valence-corrected chi connectivity index (χ2v) is 5.93. The van der Waals surface area contributed by atoms with Gasteiger partial charge in [-0.3, -0.25) is 9.59 Å². The predicted molar refractivity (Wildman–Crippen MR) is 76.3 cm³/mol. The number of hydrogen-bond acceptors (Lipinski definition) is 3. The van der Waals surface area contributed by atoms with E-state index in [2.05, 4.69) is 5.32 Å². The van der Waals surface area contributed by atoms with Crippen molar-refractivity contribution in [3.05, 3.63) is 0 Å². The summed E-state index contributed by atoms with van der Waals surface area (Å²) in [5.41, 5.74) is -0.583. The molecule has 20 heavy (non-hydrogen) atoms. The Bertz CT molecular complexity index is 351.